The number of hydrogen-bond acceptors (Lipinski definition) is 3. The number of nitrogens with zero attached hydrogens (tertiary/aromatic N) is 1. The summed E-state index contributed by atoms with van der Waals surface area (Å²) in [6, 6.07) is 2.34. The van der Waals surface area contributed by atoms with E-state index in [1.807, 2.05) is 0 Å². The third-order valence-corrected chi connectivity index (χ3v) is 2.50. The summed E-state index contributed by atoms with van der Waals surface area (Å²) in [5.41, 5.74) is -0.486. The van der Waals surface area contributed by atoms with Crippen molar-refractivity contribution in [2.24, 2.45) is 5.14 Å². The van der Waals surface area contributed by atoms with Crippen molar-refractivity contribution < 1.29 is 17.2 Å². The maximum atomic E-state index is 12.4. The number of alkyl halides is 2. The molecule has 0 aliphatic rings. The minimum Gasteiger partial charge on any atom is -0.251 e. The molecule has 0 aromatic carbocycles. The summed E-state index contributed by atoms with van der Waals surface area (Å²) in [4.78, 5) is 2.80. The van der Waals surface area contributed by atoms with Gasteiger partial charge in [-0.1, -0.05) is 0 Å². The highest BCUT2D eigenvalue weighted by Crippen LogP contribution is 2.23. The fourth-order valence-corrected chi connectivity index (χ4v) is 1.64. The standard InChI is InChI=1S/C7H8F2N2O2S/c1-4-2-3-5(14(10,12)13)6(11-4)7(8)9/h2-3,7H,1H3,(H2,10,12,13). The monoisotopic (exact) mass is 222 g/mol. The summed E-state index contributed by atoms with van der Waals surface area (Å²) in [7, 11) is -4.14. The van der Waals surface area contributed by atoms with Crippen LogP contribution in [0.25, 0.3) is 0 Å². The highest BCUT2D eigenvalue weighted by molar-refractivity contribution is 7.89. The Labute approximate surface area is 79.8 Å². The molecule has 1 heterocycles. The Hall–Kier alpha value is -1.08. The Morgan fingerprint density at radius 1 is 1.43 bits per heavy atom. The molecule has 0 saturated heterocycles. The second kappa shape index (κ2) is 3.58. The molecule has 0 amide bonds. The Bertz CT molecular complexity index is 445. The van der Waals surface area contributed by atoms with Gasteiger partial charge in [-0.3, -0.25) is 4.98 Å². The van der Waals surface area contributed by atoms with Gasteiger partial charge in [-0.05, 0) is 19.1 Å². The quantitative estimate of drug-likeness (QED) is 0.810. The van der Waals surface area contributed by atoms with Gasteiger partial charge in [0.2, 0.25) is 10.0 Å². The van der Waals surface area contributed by atoms with Gasteiger partial charge >= 0.3 is 0 Å². The molecule has 0 fully saturated rings. The van der Waals surface area contributed by atoms with Crippen LogP contribution in [-0.4, -0.2) is 13.4 Å². The van der Waals surface area contributed by atoms with Gasteiger partial charge in [0.25, 0.3) is 6.43 Å². The summed E-state index contributed by atoms with van der Waals surface area (Å²) < 4.78 is 46.5. The van der Waals surface area contributed by atoms with Gasteiger partial charge in [0.1, 0.15) is 10.6 Å². The molecular weight excluding hydrogens is 214 g/mol. The average molecular weight is 222 g/mol. The molecule has 1 aromatic heterocycles. The summed E-state index contributed by atoms with van der Waals surface area (Å²) in [5.74, 6) is 0. The maximum Gasteiger partial charge on any atom is 0.281 e. The molecule has 0 aliphatic heterocycles. The molecule has 0 aliphatic carbocycles. The zero-order chi connectivity index (χ0) is 10.9. The smallest absolute Gasteiger partial charge is 0.251 e. The van der Waals surface area contributed by atoms with E-state index in [0.29, 0.717) is 5.69 Å². The highest BCUT2D eigenvalue weighted by atomic mass is 32.2. The number of halogens is 2. The molecule has 1 aromatic rings. The van der Waals surface area contributed by atoms with Crippen LogP contribution in [0.2, 0.25) is 0 Å². The molecule has 4 nitrogen and oxygen atoms in total. The van der Waals surface area contributed by atoms with Gasteiger partial charge in [-0.15, -0.1) is 0 Å². The van der Waals surface area contributed by atoms with Crippen molar-refractivity contribution in [1.82, 2.24) is 4.98 Å². The molecular formula is C7H8F2N2O2S. The minimum absolute atomic E-state index is 0.313. The van der Waals surface area contributed by atoms with Gasteiger partial charge in [0.05, 0.1) is 0 Å². The number of primary sulfonamides is 1. The zero-order valence-electron chi connectivity index (χ0n) is 7.24. The van der Waals surface area contributed by atoms with Crippen LogP contribution in [0.15, 0.2) is 17.0 Å². The predicted octanol–water partition coefficient (Wildman–Crippen LogP) is 0.975. The van der Waals surface area contributed by atoms with E-state index >= 15 is 0 Å². The Balaban J connectivity index is 3.45. The first-order valence-electron chi connectivity index (χ1n) is 3.61. The van der Waals surface area contributed by atoms with E-state index in [0.717, 1.165) is 6.07 Å². The van der Waals surface area contributed by atoms with Crippen LogP contribution >= 0.6 is 0 Å². The first-order chi connectivity index (χ1) is 6.32. The van der Waals surface area contributed by atoms with Crippen LogP contribution in [0.4, 0.5) is 8.78 Å². The van der Waals surface area contributed by atoms with Crippen LogP contribution in [0.5, 0.6) is 0 Å². The number of aryl methyl sites for hydroxylation is 1. The van der Waals surface area contributed by atoms with Crippen molar-refractivity contribution in [1.29, 1.82) is 0 Å². The fraction of sp³-hybridized carbons (Fsp3) is 0.286. The van der Waals surface area contributed by atoms with Crippen LogP contribution in [-0.2, 0) is 10.0 Å². The number of sulfonamides is 1. The lowest BCUT2D eigenvalue weighted by molar-refractivity contribution is 0.142. The van der Waals surface area contributed by atoms with Crippen LogP contribution in [0, 0.1) is 6.92 Å². The Morgan fingerprint density at radius 3 is 2.43 bits per heavy atom. The number of rotatable bonds is 2. The molecule has 78 valence electrons. The van der Waals surface area contributed by atoms with Crippen LogP contribution in [0.3, 0.4) is 0 Å². The van der Waals surface area contributed by atoms with E-state index in [1.54, 1.807) is 0 Å². The Kier molecular flexibility index (Phi) is 2.81. The number of hydrogen-bond donors (Lipinski definition) is 1. The lowest BCUT2D eigenvalue weighted by atomic mass is 10.3. The number of pyridine rings is 1. The third kappa shape index (κ3) is 2.24. The molecule has 0 bridgehead atoms. The van der Waals surface area contributed by atoms with Gasteiger partial charge < -0.3 is 0 Å². The third-order valence-electron chi connectivity index (χ3n) is 1.54. The van der Waals surface area contributed by atoms with Crippen molar-refractivity contribution in [3.8, 4) is 0 Å². The lowest BCUT2D eigenvalue weighted by Gasteiger charge is -2.06. The molecule has 0 saturated carbocycles. The van der Waals surface area contributed by atoms with Crippen LogP contribution < -0.4 is 5.14 Å². The van der Waals surface area contributed by atoms with Gasteiger partial charge in [0.15, 0.2) is 0 Å². The molecule has 7 heteroatoms. The molecule has 0 unspecified atom stereocenters. The molecule has 1 rings (SSSR count). The topological polar surface area (TPSA) is 73.1 Å². The minimum atomic E-state index is -4.14. The molecule has 14 heavy (non-hydrogen) atoms. The van der Waals surface area contributed by atoms with Crippen molar-refractivity contribution >= 4 is 10.0 Å². The second-order valence-corrected chi connectivity index (χ2v) is 4.21. The van der Waals surface area contributed by atoms with E-state index < -0.39 is 27.0 Å². The van der Waals surface area contributed by atoms with E-state index in [-0.39, 0.29) is 0 Å². The van der Waals surface area contributed by atoms with Gasteiger partial charge in [-0.25, -0.2) is 22.3 Å². The van der Waals surface area contributed by atoms with Crippen LogP contribution in [0.1, 0.15) is 17.8 Å². The fourth-order valence-electron chi connectivity index (χ4n) is 0.961. The zero-order valence-corrected chi connectivity index (χ0v) is 8.05. The molecule has 0 radical (unpaired) electrons. The molecule has 0 spiro atoms. The van der Waals surface area contributed by atoms with E-state index in [1.165, 1.54) is 13.0 Å². The molecule has 0 atom stereocenters. The van der Waals surface area contributed by atoms with E-state index in [9.17, 15) is 17.2 Å². The molecule has 2 N–H and O–H groups in total. The normalized spacial score (nSPS) is 12.1. The first kappa shape index (κ1) is 11.0. The summed E-state index contributed by atoms with van der Waals surface area (Å²) in [5, 5.41) is 4.74. The van der Waals surface area contributed by atoms with E-state index in [4.69, 9.17) is 5.14 Å². The van der Waals surface area contributed by atoms with Crippen molar-refractivity contribution in [2.75, 3.05) is 0 Å². The van der Waals surface area contributed by atoms with E-state index in [2.05, 4.69) is 4.98 Å². The lowest BCUT2D eigenvalue weighted by Crippen LogP contribution is -2.16. The van der Waals surface area contributed by atoms with Gasteiger partial charge in [-0.2, -0.15) is 0 Å². The second-order valence-electron chi connectivity index (χ2n) is 2.68. The number of aromatic nitrogens is 1. The first-order valence-corrected chi connectivity index (χ1v) is 5.15. The maximum absolute atomic E-state index is 12.4. The largest absolute Gasteiger partial charge is 0.281 e. The predicted molar refractivity (Wildman–Crippen MR) is 45.3 cm³/mol. The van der Waals surface area contributed by atoms with Crippen molar-refractivity contribution in [3.63, 3.8) is 0 Å². The Morgan fingerprint density at radius 2 is 2.00 bits per heavy atom. The van der Waals surface area contributed by atoms with Crippen molar-refractivity contribution in [3.05, 3.63) is 23.5 Å². The number of nitrogens with two attached hydrogens (primary N) is 1. The average Bonchev–Trinajstić information content (AvgIpc) is 2.01. The SMILES string of the molecule is Cc1ccc(S(N)(=O)=O)c(C(F)F)n1. The highest BCUT2D eigenvalue weighted by Gasteiger charge is 2.21. The van der Waals surface area contributed by atoms with Gasteiger partial charge in [0, 0.05) is 5.69 Å². The van der Waals surface area contributed by atoms with Crippen molar-refractivity contribution in [2.45, 2.75) is 18.2 Å². The summed E-state index contributed by atoms with van der Waals surface area (Å²) >= 11 is 0. The summed E-state index contributed by atoms with van der Waals surface area (Å²) in [6.45, 7) is 1.48. The summed E-state index contributed by atoms with van der Waals surface area (Å²) in [6.07, 6.45) is -2.96.